The molecular formula is C21H28N4O2S. The molecule has 0 spiro atoms. The Balaban J connectivity index is 1.18. The van der Waals surface area contributed by atoms with Crippen molar-refractivity contribution in [1.82, 2.24) is 20.4 Å². The number of aromatic nitrogens is 2. The molecule has 0 radical (unpaired) electrons. The lowest BCUT2D eigenvalue weighted by molar-refractivity contribution is -0.119. The van der Waals surface area contributed by atoms with Crippen LogP contribution >= 0.6 is 11.8 Å². The van der Waals surface area contributed by atoms with Crippen molar-refractivity contribution in [3.05, 3.63) is 41.8 Å². The van der Waals surface area contributed by atoms with E-state index in [-0.39, 0.29) is 5.91 Å². The second-order valence-corrected chi connectivity index (χ2v) is 8.80. The first-order valence-corrected chi connectivity index (χ1v) is 11.2. The molecule has 1 saturated carbocycles. The molecule has 1 aliphatic carbocycles. The molecule has 150 valence electrons. The molecule has 2 aromatic rings. The van der Waals surface area contributed by atoms with Crippen molar-refractivity contribution in [1.29, 1.82) is 0 Å². The van der Waals surface area contributed by atoms with Crippen LogP contribution in [0, 0.1) is 0 Å². The van der Waals surface area contributed by atoms with Crippen LogP contribution in [-0.2, 0) is 11.2 Å². The van der Waals surface area contributed by atoms with Gasteiger partial charge in [0.15, 0.2) is 0 Å². The Morgan fingerprint density at radius 1 is 1.21 bits per heavy atom. The van der Waals surface area contributed by atoms with Gasteiger partial charge in [-0.3, -0.25) is 4.79 Å². The summed E-state index contributed by atoms with van der Waals surface area (Å²) in [6.07, 6.45) is 5.50. The number of nitrogens with zero attached hydrogens (tertiary/aromatic N) is 3. The van der Waals surface area contributed by atoms with Crippen molar-refractivity contribution >= 4 is 17.7 Å². The van der Waals surface area contributed by atoms with Crippen LogP contribution in [0.5, 0.6) is 0 Å². The standard InChI is InChI=1S/C21H28N4O2S/c1-15(16-5-3-2-4-6-16)13-20-23-24-21(27-20)28-14-19(26)22-17-9-11-25(12-10-17)18-7-8-18/h2-6,15,17-18H,7-14H2,1H3,(H,22,26). The molecule has 1 atom stereocenters. The number of hydrogen-bond acceptors (Lipinski definition) is 6. The van der Waals surface area contributed by atoms with Gasteiger partial charge in [0.05, 0.1) is 5.75 Å². The fourth-order valence-corrected chi connectivity index (χ4v) is 4.38. The van der Waals surface area contributed by atoms with E-state index in [1.54, 1.807) is 0 Å². The van der Waals surface area contributed by atoms with Crippen LogP contribution in [0.3, 0.4) is 0 Å². The minimum atomic E-state index is 0.0484. The van der Waals surface area contributed by atoms with Crippen LogP contribution < -0.4 is 5.32 Å². The molecule has 2 aliphatic rings. The van der Waals surface area contributed by atoms with E-state index >= 15 is 0 Å². The molecule has 6 nitrogen and oxygen atoms in total. The number of carbonyl (C=O) groups excluding carboxylic acids is 1. The van der Waals surface area contributed by atoms with Gasteiger partial charge >= 0.3 is 0 Å². The SMILES string of the molecule is CC(Cc1nnc(SCC(=O)NC2CCN(C3CC3)CC2)o1)c1ccccc1. The smallest absolute Gasteiger partial charge is 0.277 e. The summed E-state index contributed by atoms with van der Waals surface area (Å²) < 4.78 is 5.72. The average Bonchev–Trinajstić information content (AvgIpc) is 3.48. The predicted molar refractivity (Wildman–Crippen MR) is 109 cm³/mol. The van der Waals surface area contributed by atoms with Gasteiger partial charge in [0.1, 0.15) is 0 Å². The lowest BCUT2D eigenvalue weighted by Gasteiger charge is -2.32. The molecule has 0 bridgehead atoms. The van der Waals surface area contributed by atoms with Crippen LogP contribution in [0.1, 0.15) is 50.0 Å². The molecule has 1 N–H and O–H groups in total. The normalized spacial score (nSPS) is 19.5. The zero-order chi connectivity index (χ0) is 19.3. The van der Waals surface area contributed by atoms with Crippen molar-refractivity contribution < 1.29 is 9.21 Å². The predicted octanol–water partition coefficient (Wildman–Crippen LogP) is 3.25. The third-order valence-electron chi connectivity index (χ3n) is 5.58. The number of likely N-dealkylation sites (tertiary alicyclic amines) is 1. The van der Waals surface area contributed by atoms with Crippen molar-refractivity contribution in [3.63, 3.8) is 0 Å². The summed E-state index contributed by atoms with van der Waals surface area (Å²) in [7, 11) is 0. The average molecular weight is 401 g/mol. The van der Waals surface area contributed by atoms with E-state index in [0.717, 1.165) is 32.0 Å². The molecule has 1 unspecified atom stereocenters. The topological polar surface area (TPSA) is 71.3 Å². The fourth-order valence-electron chi connectivity index (χ4n) is 3.79. The number of nitrogens with one attached hydrogen (secondary N) is 1. The van der Waals surface area contributed by atoms with Gasteiger partial charge in [-0.2, -0.15) is 0 Å². The van der Waals surface area contributed by atoms with Gasteiger partial charge in [-0.1, -0.05) is 49.0 Å². The zero-order valence-electron chi connectivity index (χ0n) is 16.3. The van der Waals surface area contributed by atoms with Crippen LogP contribution in [-0.4, -0.2) is 51.9 Å². The Bertz CT molecular complexity index is 770. The van der Waals surface area contributed by atoms with Gasteiger partial charge in [0.25, 0.3) is 5.22 Å². The van der Waals surface area contributed by atoms with Crippen molar-refractivity contribution in [3.8, 4) is 0 Å². The molecular weight excluding hydrogens is 372 g/mol. The number of hydrogen-bond donors (Lipinski definition) is 1. The Hall–Kier alpha value is -1.86. The molecule has 28 heavy (non-hydrogen) atoms. The molecule has 1 aromatic carbocycles. The third kappa shape index (κ3) is 5.35. The molecule has 1 amide bonds. The summed E-state index contributed by atoms with van der Waals surface area (Å²) in [4.78, 5) is 14.8. The minimum Gasteiger partial charge on any atom is -0.416 e. The number of piperidine rings is 1. The summed E-state index contributed by atoms with van der Waals surface area (Å²) in [5.41, 5.74) is 1.25. The minimum absolute atomic E-state index is 0.0484. The summed E-state index contributed by atoms with van der Waals surface area (Å²) >= 11 is 1.31. The summed E-state index contributed by atoms with van der Waals surface area (Å²) in [5, 5.41) is 11.8. The lowest BCUT2D eigenvalue weighted by Crippen LogP contribution is -2.45. The number of amides is 1. The lowest BCUT2D eigenvalue weighted by atomic mass is 9.98. The molecule has 2 fully saturated rings. The van der Waals surface area contributed by atoms with Crippen molar-refractivity contribution in [2.75, 3.05) is 18.8 Å². The Morgan fingerprint density at radius 3 is 2.68 bits per heavy atom. The van der Waals surface area contributed by atoms with Crippen LogP contribution in [0.4, 0.5) is 0 Å². The van der Waals surface area contributed by atoms with Crippen LogP contribution in [0.15, 0.2) is 40.0 Å². The first kappa shape index (κ1) is 19.5. The maximum absolute atomic E-state index is 12.2. The second kappa shape index (κ2) is 9.09. The molecule has 1 saturated heterocycles. The van der Waals surface area contributed by atoms with E-state index in [1.165, 1.54) is 30.2 Å². The number of carbonyl (C=O) groups is 1. The molecule has 2 heterocycles. The van der Waals surface area contributed by atoms with E-state index in [2.05, 4.69) is 39.5 Å². The Morgan fingerprint density at radius 2 is 1.96 bits per heavy atom. The second-order valence-electron chi connectivity index (χ2n) is 7.88. The third-order valence-corrected chi connectivity index (χ3v) is 6.40. The van der Waals surface area contributed by atoms with E-state index in [0.29, 0.717) is 35.2 Å². The van der Waals surface area contributed by atoms with Gasteiger partial charge in [-0.05, 0) is 37.2 Å². The highest BCUT2D eigenvalue weighted by Crippen LogP contribution is 2.29. The van der Waals surface area contributed by atoms with Gasteiger partial charge < -0.3 is 14.6 Å². The number of benzene rings is 1. The van der Waals surface area contributed by atoms with Crippen molar-refractivity contribution in [2.45, 2.75) is 62.3 Å². The Kier molecular flexibility index (Phi) is 6.32. The van der Waals surface area contributed by atoms with Crippen molar-refractivity contribution in [2.24, 2.45) is 0 Å². The van der Waals surface area contributed by atoms with Crippen LogP contribution in [0.2, 0.25) is 0 Å². The first-order valence-electron chi connectivity index (χ1n) is 10.2. The van der Waals surface area contributed by atoms with E-state index in [1.807, 2.05) is 18.2 Å². The molecule has 1 aromatic heterocycles. The highest BCUT2D eigenvalue weighted by atomic mass is 32.2. The van der Waals surface area contributed by atoms with Gasteiger partial charge in [-0.25, -0.2) is 0 Å². The monoisotopic (exact) mass is 400 g/mol. The quantitative estimate of drug-likeness (QED) is 0.686. The van der Waals surface area contributed by atoms with Crippen LogP contribution in [0.25, 0.3) is 0 Å². The van der Waals surface area contributed by atoms with Gasteiger partial charge in [-0.15, -0.1) is 10.2 Å². The number of thioether (sulfide) groups is 1. The first-order chi connectivity index (χ1) is 13.7. The Labute approximate surface area is 170 Å². The zero-order valence-corrected chi connectivity index (χ0v) is 17.2. The van der Waals surface area contributed by atoms with E-state index < -0.39 is 0 Å². The molecule has 4 rings (SSSR count). The highest BCUT2D eigenvalue weighted by molar-refractivity contribution is 7.99. The summed E-state index contributed by atoms with van der Waals surface area (Å²) in [6, 6.07) is 11.4. The fraction of sp³-hybridized carbons (Fsp3) is 0.571. The summed E-state index contributed by atoms with van der Waals surface area (Å²) in [5.74, 6) is 1.29. The molecule has 1 aliphatic heterocycles. The maximum atomic E-state index is 12.2. The van der Waals surface area contributed by atoms with Gasteiger partial charge in [0.2, 0.25) is 11.8 Å². The maximum Gasteiger partial charge on any atom is 0.277 e. The van der Waals surface area contributed by atoms with Gasteiger partial charge in [0, 0.05) is 31.6 Å². The molecule has 7 heteroatoms. The highest BCUT2D eigenvalue weighted by Gasteiger charge is 2.32. The number of rotatable bonds is 8. The largest absolute Gasteiger partial charge is 0.416 e. The van der Waals surface area contributed by atoms with E-state index in [9.17, 15) is 4.79 Å². The van der Waals surface area contributed by atoms with E-state index in [4.69, 9.17) is 4.42 Å². The summed E-state index contributed by atoms with van der Waals surface area (Å²) in [6.45, 7) is 4.36.